The molecule has 1 aliphatic heterocycles. The molecule has 0 radical (unpaired) electrons. The van der Waals surface area contributed by atoms with Crippen molar-refractivity contribution in [3.05, 3.63) is 89.5 Å². The molecule has 32 heavy (non-hydrogen) atoms. The minimum atomic E-state index is -0.144. The number of hydrogen-bond donors (Lipinski definition) is 1. The van der Waals surface area contributed by atoms with Gasteiger partial charge >= 0.3 is 6.03 Å². The first kappa shape index (κ1) is 21.4. The van der Waals surface area contributed by atoms with Crippen LogP contribution in [0.1, 0.15) is 27.9 Å². The van der Waals surface area contributed by atoms with Crippen LogP contribution >= 0.6 is 0 Å². The van der Waals surface area contributed by atoms with Gasteiger partial charge in [0.2, 0.25) is 0 Å². The highest BCUT2D eigenvalue weighted by atomic mass is 16.5. The maximum Gasteiger partial charge on any atom is 0.324 e. The summed E-state index contributed by atoms with van der Waals surface area (Å²) in [5.41, 5.74) is 4.13. The van der Waals surface area contributed by atoms with Crippen LogP contribution in [0.5, 0.6) is 5.75 Å². The lowest BCUT2D eigenvalue weighted by atomic mass is 10.1. The number of methoxy groups -OCH3 is 1. The van der Waals surface area contributed by atoms with Crippen LogP contribution in [0.15, 0.2) is 72.8 Å². The van der Waals surface area contributed by atoms with E-state index in [4.69, 9.17) is 4.74 Å². The van der Waals surface area contributed by atoms with Crippen LogP contribution < -0.4 is 15.0 Å². The number of aryl methyl sites for hydroxylation is 1. The van der Waals surface area contributed by atoms with Gasteiger partial charge in [0.1, 0.15) is 5.75 Å². The first-order valence-corrected chi connectivity index (χ1v) is 10.7. The molecule has 1 fully saturated rings. The summed E-state index contributed by atoms with van der Waals surface area (Å²) in [6.45, 7) is 3.84. The standard InChI is InChI=1S/C26H27N3O3/c1-19-7-3-4-10-24(19)25(30)27-21-11-13-22(14-12-21)29-16-6-15-28(26(29)31)18-20-8-5-9-23(17-20)32-2/h3-5,7-14,17H,6,15-16,18H2,1-2H3,(H,27,30). The molecule has 0 unspecified atom stereocenters. The molecule has 4 rings (SSSR count). The summed E-state index contributed by atoms with van der Waals surface area (Å²) in [6.07, 6.45) is 0.890. The number of nitrogens with one attached hydrogen (secondary N) is 1. The van der Waals surface area contributed by atoms with Gasteiger partial charge in [-0.2, -0.15) is 0 Å². The average Bonchev–Trinajstić information content (AvgIpc) is 2.81. The second kappa shape index (κ2) is 9.56. The van der Waals surface area contributed by atoms with Crippen LogP contribution in [0.3, 0.4) is 0 Å². The Hall–Kier alpha value is -3.80. The van der Waals surface area contributed by atoms with Crippen LogP contribution in [0, 0.1) is 6.92 Å². The molecular formula is C26H27N3O3. The Kier molecular flexibility index (Phi) is 6.40. The minimum absolute atomic E-state index is 0.0178. The number of rotatable bonds is 6. The van der Waals surface area contributed by atoms with Crippen molar-refractivity contribution in [3.8, 4) is 5.75 Å². The third-order valence-electron chi connectivity index (χ3n) is 5.65. The van der Waals surface area contributed by atoms with Crippen LogP contribution in [0.25, 0.3) is 0 Å². The molecule has 1 aliphatic rings. The Labute approximate surface area is 188 Å². The quantitative estimate of drug-likeness (QED) is 0.594. The van der Waals surface area contributed by atoms with Gasteiger partial charge in [0.05, 0.1) is 7.11 Å². The first-order valence-electron chi connectivity index (χ1n) is 10.7. The van der Waals surface area contributed by atoms with Crippen molar-refractivity contribution in [2.24, 2.45) is 0 Å². The highest BCUT2D eigenvalue weighted by molar-refractivity contribution is 6.05. The number of anilines is 2. The minimum Gasteiger partial charge on any atom is -0.497 e. The number of carbonyl (C=O) groups is 2. The maximum atomic E-state index is 13.1. The zero-order valence-electron chi connectivity index (χ0n) is 18.4. The zero-order chi connectivity index (χ0) is 22.5. The summed E-state index contributed by atoms with van der Waals surface area (Å²) < 4.78 is 5.29. The van der Waals surface area contributed by atoms with Gasteiger partial charge in [-0.15, -0.1) is 0 Å². The predicted octanol–water partition coefficient (Wildman–Crippen LogP) is 5.09. The number of nitrogens with zero attached hydrogens (tertiary/aromatic N) is 2. The van der Waals surface area contributed by atoms with E-state index in [-0.39, 0.29) is 11.9 Å². The molecule has 164 valence electrons. The van der Waals surface area contributed by atoms with Crippen molar-refractivity contribution in [2.75, 3.05) is 30.4 Å². The molecule has 0 spiro atoms. The molecule has 1 N–H and O–H groups in total. The number of ether oxygens (including phenoxy) is 1. The monoisotopic (exact) mass is 429 g/mol. The summed E-state index contributed by atoms with van der Waals surface area (Å²) in [7, 11) is 1.64. The maximum absolute atomic E-state index is 13.1. The van der Waals surface area contributed by atoms with Crippen molar-refractivity contribution >= 4 is 23.3 Å². The molecule has 0 atom stereocenters. The number of hydrogen-bond acceptors (Lipinski definition) is 3. The number of carbonyl (C=O) groups excluding carboxylic acids is 2. The fraction of sp³-hybridized carbons (Fsp3) is 0.231. The van der Waals surface area contributed by atoms with Crippen molar-refractivity contribution in [3.63, 3.8) is 0 Å². The second-order valence-electron chi connectivity index (χ2n) is 7.88. The first-order chi connectivity index (χ1) is 15.5. The van der Waals surface area contributed by atoms with Gasteiger partial charge in [-0.25, -0.2) is 4.79 Å². The van der Waals surface area contributed by atoms with Crippen LogP contribution in [0.2, 0.25) is 0 Å². The fourth-order valence-corrected chi connectivity index (χ4v) is 3.91. The molecule has 3 aromatic rings. The normalized spacial score (nSPS) is 13.8. The molecule has 1 saturated heterocycles. The van der Waals surface area contributed by atoms with Crippen LogP contribution in [0.4, 0.5) is 16.2 Å². The summed E-state index contributed by atoms with van der Waals surface area (Å²) >= 11 is 0. The number of urea groups is 1. The molecule has 0 aliphatic carbocycles. The molecule has 1 heterocycles. The van der Waals surface area contributed by atoms with E-state index in [1.807, 2.05) is 84.6 Å². The smallest absolute Gasteiger partial charge is 0.324 e. The Balaban J connectivity index is 1.43. The third kappa shape index (κ3) is 4.75. The van der Waals surface area contributed by atoms with E-state index >= 15 is 0 Å². The number of amides is 3. The van der Waals surface area contributed by atoms with Gasteiger partial charge in [0.15, 0.2) is 0 Å². The molecule has 3 amide bonds. The Morgan fingerprint density at radius 3 is 2.53 bits per heavy atom. The van der Waals surface area contributed by atoms with E-state index in [2.05, 4.69) is 5.32 Å². The zero-order valence-corrected chi connectivity index (χ0v) is 18.4. The molecule has 0 aromatic heterocycles. The van der Waals surface area contributed by atoms with Gasteiger partial charge in [-0.05, 0) is 66.9 Å². The summed E-state index contributed by atoms with van der Waals surface area (Å²) in [5.74, 6) is 0.640. The van der Waals surface area contributed by atoms with Crippen LogP contribution in [-0.2, 0) is 6.54 Å². The summed E-state index contributed by atoms with van der Waals surface area (Å²) in [4.78, 5) is 29.3. The summed E-state index contributed by atoms with van der Waals surface area (Å²) in [6, 6.07) is 22.7. The van der Waals surface area contributed by atoms with Crippen LogP contribution in [-0.4, -0.2) is 37.0 Å². The second-order valence-corrected chi connectivity index (χ2v) is 7.88. The Morgan fingerprint density at radius 1 is 1.00 bits per heavy atom. The molecule has 0 saturated carbocycles. The average molecular weight is 430 g/mol. The van der Waals surface area contributed by atoms with E-state index in [0.29, 0.717) is 24.3 Å². The lowest BCUT2D eigenvalue weighted by Gasteiger charge is -2.35. The lowest BCUT2D eigenvalue weighted by molar-refractivity contribution is 0.102. The molecule has 0 bridgehead atoms. The van der Waals surface area contributed by atoms with Gasteiger partial charge in [0.25, 0.3) is 5.91 Å². The number of benzene rings is 3. The van der Waals surface area contributed by atoms with E-state index in [1.165, 1.54) is 0 Å². The Morgan fingerprint density at radius 2 is 1.78 bits per heavy atom. The Bertz CT molecular complexity index is 1110. The van der Waals surface area contributed by atoms with Crippen molar-refractivity contribution in [1.29, 1.82) is 0 Å². The van der Waals surface area contributed by atoms with E-state index in [9.17, 15) is 9.59 Å². The van der Waals surface area contributed by atoms with E-state index < -0.39 is 0 Å². The third-order valence-corrected chi connectivity index (χ3v) is 5.65. The largest absolute Gasteiger partial charge is 0.497 e. The molecule has 6 nitrogen and oxygen atoms in total. The predicted molar refractivity (Wildman–Crippen MR) is 126 cm³/mol. The van der Waals surface area contributed by atoms with Gasteiger partial charge < -0.3 is 15.0 Å². The van der Waals surface area contributed by atoms with Gasteiger partial charge in [-0.1, -0.05) is 30.3 Å². The summed E-state index contributed by atoms with van der Waals surface area (Å²) in [5, 5.41) is 2.93. The van der Waals surface area contributed by atoms with Gasteiger partial charge in [-0.3, -0.25) is 9.69 Å². The van der Waals surface area contributed by atoms with Crippen molar-refractivity contribution < 1.29 is 14.3 Å². The lowest BCUT2D eigenvalue weighted by Crippen LogP contribution is -2.49. The molecular weight excluding hydrogens is 402 g/mol. The van der Waals surface area contributed by atoms with Gasteiger partial charge in [0, 0.05) is 36.6 Å². The highest BCUT2D eigenvalue weighted by Gasteiger charge is 2.27. The van der Waals surface area contributed by atoms with E-state index in [1.54, 1.807) is 12.0 Å². The van der Waals surface area contributed by atoms with E-state index in [0.717, 1.165) is 35.5 Å². The van der Waals surface area contributed by atoms with Crippen molar-refractivity contribution in [1.82, 2.24) is 4.90 Å². The highest BCUT2D eigenvalue weighted by Crippen LogP contribution is 2.24. The topological polar surface area (TPSA) is 61.9 Å². The molecule has 3 aromatic carbocycles. The SMILES string of the molecule is COc1cccc(CN2CCCN(c3ccc(NC(=O)c4ccccc4C)cc3)C2=O)c1. The fourth-order valence-electron chi connectivity index (χ4n) is 3.91. The molecule has 6 heteroatoms. The van der Waals surface area contributed by atoms with Crippen molar-refractivity contribution in [2.45, 2.75) is 19.9 Å².